The van der Waals surface area contributed by atoms with Crippen LogP contribution >= 0.6 is 11.6 Å². The van der Waals surface area contributed by atoms with Crippen molar-refractivity contribution in [3.63, 3.8) is 0 Å². The number of hydrogen-bond donors (Lipinski definition) is 2. The van der Waals surface area contributed by atoms with E-state index < -0.39 is 48.1 Å². The summed E-state index contributed by atoms with van der Waals surface area (Å²) in [4.78, 5) is -0.720. The van der Waals surface area contributed by atoms with Gasteiger partial charge >= 0.3 is 0 Å². The molecular weight excluding hydrogens is 331 g/mol. The minimum atomic E-state index is -4.26. The predicted molar refractivity (Wildman–Crippen MR) is 75.3 cm³/mol. The molecule has 114 valence electrons. The smallest absolute Gasteiger partial charge is 0.243 e. The lowest BCUT2D eigenvalue weighted by molar-refractivity contribution is 0.548. The standard InChI is InChI=1S/C10H14ClFN2O4S2/c1-6(5-19(2,15)16)14-20(17,18)9-4-7(11)3-8(13)10(9)12/h3-4,6,14H,5,13H2,1-2H3. The quantitative estimate of drug-likeness (QED) is 0.767. The van der Waals surface area contributed by atoms with E-state index in [1.807, 2.05) is 0 Å². The summed E-state index contributed by atoms with van der Waals surface area (Å²) >= 11 is 5.64. The van der Waals surface area contributed by atoms with Gasteiger partial charge < -0.3 is 5.73 Å². The fourth-order valence-corrected chi connectivity index (χ4v) is 4.36. The summed E-state index contributed by atoms with van der Waals surface area (Å²) in [5.41, 5.74) is 4.89. The fourth-order valence-electron chi connectivity index (χ4n) is 1.60. The van der Waals surface area contributed by atoms with Gasteiger partial charge in [-0.25, -0.2) is 25.9 Å². The van der Waals surface area contributed by atoms with E-state index in [4.69, 9.17) is 17.3 Å². The van der Waals surface area contributed by atoms with E-state index in [9.17, 15) is 21.2 Å². The molecule has 6 nitrogen and oxygen atoms in total. The average Bonchev–Trinajstić information content (AvgIpc) is 2.19. The number of rotatable bonds is 5. The van der Waals surface area contributed by atoms with Gasteiger partial charge in [0.05, 0.1) is 11.4 Å². The van der Waals surface area contributed by atoms with Gasteiger partial charge in [-0.15, -0.1) is 0 Å². The SMILES string of the molecule is CC(CS(C)(=O)=O)NS(=O)(=O)c1cc(Cl)cc(N)c1F. The highest BCUT2D eigenvalue weighted by molar-refractivity contribution is 7.91. The Bertz CT molecular complexity index is 719. The largest absolute Gasteiger partial charge is 0.396 e. The lowest BCUT2D eigenvalue weighted by Crippen LogP contribution is -2.37. The zero-order valence-corrected chi connectivity index (χ0v) is 13.1. The topological polar surface area (TPSA) is 106 Å². The van der Waals surface area contributed by atoms with E-state index in [1.165, 1.54) is 6.92 Å². The molecule has 20 heavy (non-hydrogen) atoms. The summed E-state index contributed by atoms with van der Waals surface area (Å²) in [5, 5.41) is -0.0416. The molecule has 0 aromatic heterocycles. The number of nitrogen functional groups attached to an aromatic ring is 1. The maximum atomic E-state index is 13.7. The maximum absolute atomic E-state index is 13.7. The van der Waals surface area contributed by atoms with E-state index in [0.717, 1.165) is 18.4 Å². The van der Waals surface area contributed by atoms with Gasteiger partial charge in [0.15, 0.2) is 5.82 Å². The number of hydrogen-bond acceptors (Lipinski definition) is 5. The molecule has 0 aliphatic carbocycles. The highest BCUT2D eigenvalue weighted by Crippen LogP contribution is 2.25. The fraction of sp³-hybridized carbons (Fsp3) is 0.400. The molecule has 0 fully saturated rings. The van der Waals surface area contributed by atoms with Crippen LogP contribution in [0.2, 0.25) is 5.02 Å². The molecular formula is C10H14ClFN2O4S2. The van der Waals surface area contributed by atoms with Gasteiger partial charge in [0.2, 0.25) is 10.0 Å². The molecule has 0 aliphatic heterocycles. The first-order valence-corrected chi connectivity index (χ1v) is 9.29. The molecule has 0 bridgehead atoms. The van der Waals surface area contributed by atoms with Crippen LogP contribution in [0.15, 0.2) is 17.0 Å². The number of halogens is 2. The Morgan fingerprint density at radius 2 is 1.90 bits per heavy atom. The number of sulfone groups is 1. The number of anilines is 1. The van der Waals surface area contributed by atoms with Crippen LogP contribution < -0.4 is 10.5 Å². The van der Waals surface area contributed by atoms with Gasteiger partial charge in [-0.2, -0.15) is 0 Å². The molecule has 1 atom stereocenters. The van der Waals surface area contributed by atoms with Crippen molar-refractivity contribution in [2.45, 2.75) is 17.9 Å². The van der Waals surface area contributed by atoms with Crippen molar-refractivity contribution in [2.24, 2.45) is 0 Å². The number of sulfonamides is 1. The number of nitrogens with one attached hydrogen (secondary N) is 1. The van der Waals surface area contributed by atoms with Crippen LogP contribution in [0.25, 0.3) is 0 Å². The molecule has 0 saturated carbocycles. The Kier molecular flexibility index (Phi) is 5.01. The highest BCUT2D eigenvalue weighted by Gasteiger charge is 2.25. The van der Waals surface area contributed by atoms with E-state index in [1.54, 1.807) is 0 Å². The first kappa shape index (κ1) is 17.2. The molecule has 0 heterocycles. The van der Waals surface area contributed by atoms with Crippen LogP contribution in [-0.4, -0.2) is 34.9 Å². The van der Waals surface area contributed by atoms with Crippen LogP contribution in [0.5, 0.6) is 0 Å². The van der Waals surface area contributed by atoms with Crippen LogP contribution in [0, 0.1) is 5.82 Å². The predicted octanol–water partition coefficient (Wildman–Crippen LogP) is 0.773. The minimum absolute atomic E-state index is 0.0416. The summed E-state index contributed by atoms with van der Waals surface area (Å²) in [6.45, 7) is 1.35. The Hall–Kier alpha value is -0.900. The maximum Gasteiger partial charge on any atom is 0.243 e. The summed E-state index contributed by atoms with van der Waals surface area (Å²) in [7, 11) is -7.64. The Balaban J connectivity index is 3.13. The van der Waals surface area contributed by atoms with Crippen molar-refractivity contribution in [1.82, 2.24) is 4.72 Å². The molecule has 10 heteroatoms. The average molecular weight is 345 g/mol. The number of nitrogens with two attached hydrogens (primary N) is 1. The van der Waals surface area contributed by atoms with Gasteiger partial charge in [0.1, 0.15) is 14.7 Å². The van der Waals surface area contributed by atoms with Gasteiger partial charge in [-0.05, 0) is 19.1 Å². The van der Waals surface area contributed by atoms with Gasteiger partial charge in [0.25, 0.3) is 0 Å². The van der Waals surface area contributed by atoms with Gasteiger partial charge in [-0.3, -0.25) is 0 Å². The second-order valence-electron chi connectivity index (χ2n) is 4.42. The van der Waals surface area contributed by atoms with Crippen molar-refractivity contribution in [1.29, 1.82) is 0 Å². The second kappa shape index (κ2) is 5.84. The third-order valence-electron chi connectivity index (χ3n) is 2.23. The van der Waals surface area contributed by atoms with Crippen LogP contribution in [0.1, 0.15) is 6.92 Å². The van der Waals surface area contributed by atoms with Crippen molar-refractivity contribution >= 4 is 37.1 Å². The Morgan fingerprint density at radius 1 is 1.35 bits per heavy atom. The first-order valence-electron chi connectivity index (χ1n) is 5.37. The zero-order chi connectivity index (χ0) is 15.7. The second-order valence-corrected chi connectivity index (χ2v) is 8.73. The zero-order valence-electron chi connectivity index (χ0n) is 10.7. The molecule has 1 rings (SSSR count). The summed E-state index contributed by atoms with van der Waals surface area (Å²) in [5.74, 6) is -1.54. The van der Waals surface area contributed by atoms with Crippen molar-refractivity contribution in [3.8, 4) is 0 Å². The third-order valence-corrected chi connectivity index (χ3v) is 5.14. The summed E-state index contributed by atoms with van der Waals surface area (Å²) in [6.07, 6.45) is 0.968. The lowest BCUT2D eigenvalue weighted by Gasteiger charge is -2.14. The van der Waals surface area contributed by atoms with E-state index in [2.05, 4.69) is 4.72 Å². The molecule has 0 aliphatic rings. The Labute approximate surface area is 122 Å². The molecule has 1 aromatic rings. The van der Waals surface area contributed by atoms with E-state index in [-0.39, 0.29) is 5.02 Å². The molecule has 0 saturated heterocycles. The van der Waals surface area contributed by atoms with Crippen molar-refractivity contribution in [2.75, 3.05) is 17.7 Å². The number of benzene rings is 1. The summed E-state index contributed by atoms with van der Waals surface area (Å²) < 4.78 is 62.0. The van der Waals surface area contributed by atoms with Crippen LogP contribution in [0.4, 0.5) is 10.1 Å². The molecule has 0 radical (unpaired) electrons. The van der Waals surface area contributed by atoms with E-state index in [0.29, 0.717) is 0 Å². The molecule has 3 N–H and O–H groups in total. The van der Waals surface area contributed by atoms with Crippen LogP contribution in [-0.2, 0) is 19.9 Å². The van der Waals surface area contributed by atoms with E-state index >= 15 is 0 Å². The highest BCUT2D eigenvalue weighted by atomic mass is 35.5. The molecule has 0 amide bonds. The van der Waals surface area contributed by atoms with Crippen LogP contribution in [0.3, 0.4) is 0 Å². The molecule has 0 spiro atoms. The molecule has 1 aromatic carbocycles. The van der Waals surface area contributed by atoms with Crippen molar-refractivity contribution in [3.05, 3.63) is 23.0 Å². The van der Waals surface area contributed by atoms with Crippen molar-refractivity contribution < 1.29 is 21.2 Å². The first-order chi connectivity index (χ1) is 8.92. The minimum Gasteiger partial charge on any atom is -0.396 e. The normalized spacial score (nSPS) is 14.2. The third kappa shape index (κ3) is 4.58. The van der Waals surface area contributed by atoms with Gasteiger partial charge in [-0.1, -0.05) is 11.6 Å². The Morgan fingerprint density at radius 3 is 2.40 bits per heavy atom. The summed E-state index contributed by atoms with van der Waals surface area (Å²) in [6, 6.07) is 1.06. The van der Waals surface area contributed by atoms with Gasteiger partial charge in [0, 0.05) is 17.3 Å². The monoisotopic (exact) mass is 344 g/mol. The lowest BCUT2D eigenvalue weighted by atomic mass is 10.3. The molecule has 1 unspecified atom stereocenters.